The number of hydrogen-bond acceptors (Lipinski definition) is 4. The standard InChI is InChI=1S/C16H11ClFNO4/c17-12-5-6-14(13(18)7-12)19-15(21)9-23-16(22)11-3-1-10(8-20)2-4-11/h1-8H,9H2,(H,19,21). The molecule has 0 aliphatic carbocycles. The Bertz CT molecular complexity index is 746. The Morgan fingerprint density at radius 1 is 1.17 bits per heavy atom. The van der Waals surface area contributed by atoms with Gasteiger partial charge in [0.05, 0.1) is 11.3 Å². The first kappa shape index (κ1) is 16.6. The molecule has 0 unspecified atom stereocenters. The van der Waals surface area contributed by atoms with Gasteiger partial charge in [-0.15, -0.1) is 0 Å². The van der Waals surface area contributed by atoms with Crippen molar-refractivity contribution in [2.24, 2.45) is 0 Å². The maximum absolute atomic E-state index is 13.5. The Balaban J connectivity index is 1.90. The number of nitrogens with one attached hydrogen (secondary N) is 1. The van der Waals surface area contributed by atoms with Crippen molar-refractivity contribution in [3.05, 3.63) is 64.4 Å². The van der Waals surface area contributed by atoms with Gasteiger partial charge >= 0.3 is 5.97 Å². The Kier molecular flexibility index (Phi) is 5.43. The number of carbonyl (C=O) groups excluding carboxylic acids is 3. The van der Waals surface area contributed by atoms with Crippen LogP contribution in [0.2, 0.25) is 5.02 Å². The number of aldehydes is 1. The van der Waals surface area contributed by atoms with Crippen LogP contribution >= 0.6 is 11.6 Å². The summed E-state index contributed by atoms with van der Waals surface area (Å²) in [6.07, 6.45) is 0.642. The molecule has 0 saturated carbocycles. The lowest BCUT2D eigenvalue weighted by Crippen LogP contribution is -2.21. The van der Waals surface area contributed by atoms with E-state index in [1.54, 1.807) is 0 Å². The highest BCUT2D eigenvalue weighted by molar-refractivity contribution is 6.30. The predicted molar refractivity (Wildman–Crippen MR) is 82.2 cm³/mol. The second-order valence-corrected chi connectivity index (χ2v) is 4.92. The normalized spacial score (nSPS) is 10.0. The van der Waals surface area contributed by atoms with Crippen molar-refractivity contribution in [1.29, 1.82) is 0 Å². The molecule has 23 heavy (non-hydrogen) atoms. The van der Waals surface area contributed by atoms with Gasteiger partial charge < -0.3 is 10.1 Å². The topological polar surface area (TPSA) is 72.5 Å². The number of rotatable bonds is 5. The number of hydrogen-bond donors (Lipinski definition) is 1. The minimum Gasteiger partial charge on any atom is -0.452 e. The summed E-state index contributed by atoms with van der Waals surface area (Å²) in [7, 11) is 0. The van der Waals surface area contributed by atoms with Gasteiger partial charge in [-0.05, 0) is 30.3 Å². The first-order valence-electron chi connectivity index (χ1n) is 6.47. The third-order valence-electron chi connectivity index (χ3n) is 2.82. The smallest absolute Gasteiger partial charge is 0.338 e. The summed E-state index contributed by atoms with van der Waals surface area (Å²) in [5, 5.41) is 2.47. The average molecular weight is 336 g/mol. The van der Waals surface area contributed by atoms with Gasteiger partial charge in [-0.3, -0.25) is 9.59 Å². The van der Waals surface area contributed by atoms with Crippen LogP contribution in [0.3, 0.4) is 0 Å². The van der Waals surface area contributed by atoms with Crippen LogP contribution in [0.15, 0.2) is 42.5 Å². The number of halogens is 2. The Hall–Kier alpha value is -2.73. The van der Waals surface area contributed by atoms with E-state index in [4.69, 9.17) is 16.3 Å². The van der Waals surface area contributed by atoms with Gasteiger partial charge in [0, 0.05) is 10.6 Å². The maximum Gasteiger partial charge on any atom is 0.338 e. The van der Waals surface area contributed by atoms with Crippen LogP contribution in [0, 0.1) is 5.82 Å². The van der Waals surface area contributed by atoms with Crippen molar-refractivity contribution < 1.29 is 23.5 Å². The van der Waals surface area contributed by atoms with Crippen molar-refractivity contribution >= 4 is 35.5 Å². The quantitative estimate of drug-likeness (QED) is 0.673. The summed E-state index contributed by atoms with van der Waals surface area (Å²) in [4.78, 5) is 33.9. The van der Waals surface area contributed by atoms with Crippen LogP contribution < -0.4 is 5.32 Å². The third kappa shape index (κ3) is 4.62. The van der Waals surface area contributed by atoms with Crippen LogP contribution in [0.1, 0.15) is 20.7 Å². The number of ether oxygens (including phenoxy) is 1. The molecule has 7 heteroatoms. The van der Waals surface area contributed by atoms with E-state index in [9.17, 15) is 18.8 Å². The van der Waals surface area contributed by atoms with Crippen molar-refractivity contribution in [3.8, 4) is 0 Å². The molecule has 5 nitrogen and oxygen atoms in total. The number of benzene rings is 2. The molecule has 2 aromatic rings. The minimum atomic E-state index is -0.728. The number of carbonyl (C=O) groups is 3. The highest BCUT2D eigenvalue weighted by atomic mass is 35.5. The van der Waals surface area contributed by atoms with Crippen molar-refractivity contribution in [3.63, 3.8) is 0 Å². The molecule has 2 aromatic carbocycles. The molecular formula is C16H11ClFNO4. The van der Waals surface area contributed by atoms with Crippen LogP contribution in [0.25, 0.3) is 0 Å². The van der Waals surface area contributed by atoms with Gasteiger partial charge in [0.2, 0.25) is 0 Å². The molecule has 1 N–H and O–H groups in total. The zero-order valence-electron chi connectivity index (χ0n) is 11.7. The van der Waals surface area contributed by atoms with Gasteiger partial charge in [-0.2, -0.15) is 0 Å². The molecule has 0 aliphatic heterocycles. The van der Waals surface area contributed by atoms with Gasteiger partial charge in [-0.25, -0.2) is 9.18 Å². The highest BCUT2D eigenvalue weighted by Gasteiger charge is 2.12. The van der Waals surface area contributed by atoms with Gasteiger partial charge in [0.25, 0.3) is 5.91 Å². The lowest BCUT2D eigenvalue weighted by Gasteiger charge is -2.07. The van der Waals surface area contributed by atoms with Crippen molar-refractivity contribution in [1.82, 2.24) is 0 Å². The van der Waals surface area contributed by atoms with Crippen molar-refractivity contribution in [2.75, 3.05) is 11.9 Å². The monoisotopic (exact) mass is 335 g/mol. The molecule has 0 radical (unpaired) electrons. The Labute approximate surface area is 136 Å². The molecule has 0 spiro atoms. The predicted octanol–water partition coefficient (Wildman–Crippen LogP) is 3.09. The van der Waals surface area contributed by atoms with E-state index >= 15 is 0 Å². The molecule has 118 valence electrons. The van der Waals surface area contributed by atoms with Crippen LogP contribution in [0.5, 0.6) is 0 Å². The molecule has 0 heterocycles. The van der Waals surface area contributed by atoms with Crippen LogP contribution in [-0.2, 0) is 9.53 Å². The van der Waals surface area contributed by atoms with E-state index in [1.807, 2.05) is 0 Å². The zero-order valence-corrected chi connectivity index (χ0v) is 12.5. The SMILES string of the molecule is O=Cc1ccc(C(=O)OCC(=O)Nc2ccc(Cl)cc2F)cc1. The second-order valence-electron chi connectivity index (χ2n) is 4.49. The maximum atomic E-state index is 13.5. The fourth-order valence-corrected chi connectivity index (χ4v) is 1.85. The molecule has 0 aromatic heterocycles. The molecule has 0 atom stereocenters. The summed E-state index contributed by atoms with van der Waals surface area (Å²) in [5.74, 6) is -2.11. The first-order valence-corrected chi connectivity index (χ1v) is 6.84. The lowest BCUT2D eigenvalue weighted by atomic mass is 10.1. The van der Waals surface area contributed by atoms with Crippen LogP contribution in [-0.4, -0.2) is 24.8 Å². The summed E-state index contributed by atoms with van der Waals surface area (Å²) in [5.41, 5.74) is 0.546. The summed E-state index contributed by atoms with van der Waals surface area (Å²) in [6.45, 7) is -0.573. The summed E-state index contributed by atoms with van der Waals surface area (Å²) < 4.78 is 18.3. The van der Waals surface area contributed by atoms with Gasteiger partial charge in [0.15, 0.2) is 6.61 Å². The minimum absolute atomic E-state index is 0.0641. The molecule has 0 bridgehead atoms. The Morgan fingerprint density at radius 3 is 2.48 bits per heavy atom. The highest BCUT2D eigenvalue weighted by Crippen LogP contribution is 2.18. The second kappa shape index (κ2) is 7.51. The molecule has 0 saturated heterocycles. The van der Waals surface area contributed by atoms with E-state index in [-0.39, 0.29) is 16.3 Å². The van der Waals surface area contributed by atoms with Gasteiger partial charge in [0.1, 0.15) is 12.1 Å². The van der Waals surface area contributed by atoms with Gasteiger partial charge in [-0.1, -0.05) is 23.7 Å². The van der Waals surface area contributed by atoms with E-state index in [0.717, 1.165) is 6.07 Å². The molecule has 1 amide bonds. The zero-order chi connectivity index (χ0) is 16.8. The summed E-state index contributed by atoms with van der Waals surface area (Å²) >= 11 is 5.60. The number of amides is 1. The molecule has 2 rings (SSSR count). The largest absolute Gasteiger partial charge is 0.452 e. The summed E-state index contributed by atoms with van der Waals surface area (Å²) in [6, 6.07) is 9.49. The lowest BCUT2D eigenvalue weighted by molar-refractivity contribution is -0.119. The molecular weight excluding hydrogens is 325 g/mol. The Morgan fingerprint density at radius 2 is 1.87 bits per heavy atom. The fourth-order valence-electron chi connectivity index (χ4n) is 1.69. The van der Waals surface area contributed by atoms with E-state index in [2.05, 4.69) is 5.32 Å². The van der Waals surface area contributed by atoms with Crippen LogP contribution in [0.4, 0.5) is 10.1 Å². The van der Waals surface area contributed by atoms with Crippen molar-refractivity contribution in [2.45, 2.75) is 0 Å². The number of esters is 1. The van der Waals surface area contributed by atoms with E-state index in [0.29, 0.717) is 11.8 Å². The first-order chi connectivity index (χ1) is 11.0. The molecule has 0 aliphatic rings. The molecule has 0 fully saturated rings. The third-order valence-corrected chi connectivity index (χ3v) is 3.06. The average Bonchev–Trinajstić information content (AvgIpc) is 2.55. The number of anilines is 1. The van der Waals surface area contributed by atoms with E-state index in [1.165, 1.54) is 36.4 Å². The van der Waals surface area contributed by atoms with E-state index < -0.39 is 24.3 Å². The fraction of sp³-hybridized carbons (Fsp3) is 0.0625.